The molecule has 0 saturated carbocycles. The first kappa shape index (κ1) is 22.2. The molecule has 1 saturated heterocycles. The Morgan fingerprint density at radius 2 is 1.78 bits per heavy atom. The maximum absolute atomic E-state index is 13.0. The predicted octanol–water partition coefficient (Wildman–Crippen LogP) is 3.14. The topological polar surface area (TPSA) is 107 Å². The average molecular weight is 457 g/mol. The van der Waals surface area contributed by atoms with Gasteiger partial charge in [-0.2, -0.15) is 0 Å². The zero-order valence-electron chi connectivity index (χ0n) is 18.3. The lowest BCUT2D eigenvalue weighted by molar-refractivity contribution is 0.0303. The lowest BCUT2D eigenvalue weighted by Gasteiger charge is -2.26. The molecule has 32 heavy (non-hydrogen) atoms. The van der Waals surface area contributed by atoms with Gasteiger partial charge in [0.05, 0.1) is 35.9 Å². The van der Waals surface area contributed by atoms with Crippen LogP contribution >= 0.6 is 0 Å². The van der Waals surface area contributed by atoms with Crippen LogP contribution in [0.3, 0.4) is 0 Å². The van der Waals surface area contributed by atoms with Crippen molar-refractivity contribution >= 4 is 38.2 Å². The molecule has 4 rings (SSSR count). The van der Waals surface area contributed by atoms with Crippen LogP contribution in [0, 0.1) is 0 Å². The number of fused-ring (bicyclic) bond motifs is 1. The van der Waals surface area contributed by atoms with Crippen molar-refractivity contribution in [3.8, 4) is 11.3 Å². The van der Waals surface area contributed by atoms with Crippen molar-refractivity contribution in [1.82, 2.24) is 9.47 Å². The summed E-state index contributed by atoms with van der Waals surface area (Å²) < 4.78 is 33.6. The molecule has 0 bridgehead atoms. The van der Waals surface area contributed by atoms with E-state index in [1.54, 1.807) is 19.1 Å². The molecule has 0 unspecified atom stereocenters. The van der Waals surface area contributed by atoms with E-state index in [0.29, 0.717) is 49.8 Å². The highest BCUT2D eigenvalue weighted by atomic mass is 32.2. The van der Waals surface area contributed by atoms with Crippen molar-refractivity contribution in [3.05, 3.63) is 48.0 Å². The van der Waals surface area contributed by atoms with Gasteiger partial charge in [0, 0.05) is 41.8 Å². The summed E-state index contributed by atoms with van der Waals surface area (Å²) >= 11 is 0. The zero-order chi connectivity index (χ0) is 22.9. The third kappa shape index (κ3) is 4.18. The van der Waals surface area contributed by atoms with Crippen LogP contribution in [0.4, 0.5) is 11.4 Å². The number of carbonyl (C=O) groups is 1. The number of nitrogens with one attached hydrogen (secondary N) is 1. The van der Waals surface area contributed by atoms with Crippen LogP contribution in [-0.2, 0) is 21.3 Å². The Balaban J connectivity index is 1.72. The molecule has 0 spiro atoms. The highest BCUT2D eigenvalue weighted by Gasteiger charge is 2.21. The quantitative estimate of drug-likeness (QED) is 0.593. The maximum Gasteiger partial charge on any atom is 0.254 e. The molecule has 0 atom stereocenters. The van der Waals surface area contributed by atoms with Crippen LogP contribution in [0.2, 0.25) is 0 Å². The molecule has 1 aromatic heterocycles. The van der Waals surface area contributed by atoms with E-state index in [4.69, 9.17) is 10.5 Å². The molecule has 3 N–H and O–H groups in total. The van der Waals surface area contributed by atoms with E-state index >= 15 is 0 Å². The highest BCUT2D eigenvalue weighted by molar-refractivity contribution is 7.92. The van der Waals surface area contributed by atoms with Gasteiger partial charge in [0.25, 0.3) is 5.91 Å². The molecule has 2 aromatic carbocycles. The second-order valence-electron chi connectivity index (χ2n) is 7.73. The Hall–Kier alpha value is -3.04. The second-order valence-corrected chi connectivity index (χ2v) is 9.74. The number of morpholine rings is 1. The standard InChI is InChI=1S/C23H28N4O4S/c1-3-27-20-15-17(23(28)26-11-13-31-14-12-26)7-10-19(20)21(24)22(27)16-5-8-18(9-6-16)25-32(29,30)4-2/h5-10,15,25H,3-4,11-14,24H2,1-2H3. The zero-order valence-corrected chi connectivity index (χ0v) is 19.1. The number of carbonyl (C=O) groups excluding carboxylic acids is 1. The number of hydrogen-bond donors (Lipinski definition) is 2. The van der Waals surface area contributed by atoms with Gasteiger partial charge in [-0.15, -0.1) is 0 Å². The van der Waals surface area contributed by atoms with Crippen LogP contribution in [0.5, 0.6) is 0 Å². The van der Waals surface area contributed by atoms with Gasteiger partial charge in [-0.05, 0) is 44.2 Å². The molecule has 1 fully saturated rings. The van der Waals surface area contributed by atoms with Crippen molar-refractivity contribution in [1.29, 1.82) is 0 Å². The number of sulfonamides is 1. The van der Waals surface area contributed by atoms with E-state index in [0.717, 1.165) is 22.2 Å². The summed E-state index contributed by atoms with van der Waals surface area (Å²) in [7, 11) is -3.34. The first-order chi connectivity index (χ1) is 15.3. The minimum absolute atomic E-state index is 0.00765. The fourth-order valence-electron chi connectivity index (χ4n) is 4.05. The number of aromatic nitrogens is 1. The minimum Gasteiger partial charge on any atom is -0.396 e. The third-order valence-corrected chi connectivity index (χ3v) is 7.08. The number of aryl methyl sites for hydroxylation is 1. The summed E-state index contributed by atoms with van der Waals surface area (Å²) in [6.07, 6.45) is 0. The Morgan fingerprint density at radius 3 is 2.41 bits per heavy atom. The van der Waals surface area contributed by atoms with Gasteiger partial charge < -0.3 is 19.9 Å². The Morgan fingerprint density at radius 1 is 1.09 bits per heavy atom. The van der Waals surface area contributed by atoms with Gasteiger partial charge in [-0.25, -0.2) is 8.42 Å². The van der Waals surface area contributed by atoms with Gasteiger partial charge in [-0.1, -0.05) is 12.1 Å². The summed E-state index contributed by atoms with van der Waals surface area (Å²) in [6, 6.07) is 12.8. The first-order valence-corrected chi connectivity index (χ1v) is 12.4. The van der Waals surface area contributed by atoms with Crippen molar-refractivity contribution in [2.45, 2.75) is 20.4 Å². The molecule has 9 heteroatoms. The van der Waals surface area contributed by atoms with Crippen molar-refractivity contribution in [2.75, 3.05) is 42.5 Å². The fourth-order valence-corrected chi connectivity index (χ4v) is 4.69. The average Bonchev–Trinajstić information content (AvgIpc) is 3.10. The SMILES string of the molecule is CCn1c(-c2ccc(NS(=O)(=O)CC)cc2)c(N)c2ccc(C(=O)N3CCOCC3)cc21. The Kier molecular flexibility index (Phi) is 6.12. The molecule has 170 valence electrons. The fraction of sp³-hybridized carbons (Fsp3) is 0.348. The second kappa shape index (κ2) is 8.84. The van der Waals surface area contributed by atoms with E-state index in [1.165, 1.54) is 0 Å². The number of benzene rings is 2. The third-order valence-electron chi connectivity index (χ3n) is 5.78. The summed E-state index contributed by atoms with van der Waals surface area (Å²) in [5.74, 6) is 0.00354. The number of amides is 1. The molecule has 8 nitrogen and oxygen atoms in total. The molecular formula is C23H28N4O4S. The predicted molar refractivity (Wildman–Crippen MR) is 127 cm³/mol. The molecule has 1 amide bonds. The van der Waals surface area contributed by atoms with E-state index in [-0.39, 0.29) is 11.7 Å². The van der Waals surface area contributed by atoms with E-state index in [1.807, 2.05) is 42.2 Å². The Labute approximate surface area is 188 Å². The molecule has 1 aliphatic heterocycles. The van der Waals surface area contributed by atoms with Gasteiger partial charge in [0.15, 0.2) is 0 Å². The van der Waals surface area contributed by atoms with E-state index < -0.39 is 10.0 Å². The summed E-state index contributed by atoms with van der Waals surface area (Å²) in [4.78, 5) is 14.8. The molecule has 0 aliphatic carbocycles. The number of ether oxygens (including phenoxy) is 1. The van der Waals surface area contributed by atoms with Gasteiger partial charge >= 0.3 is 0 Å². The highest BCUT2D eigenvalue weighted by Crippen LogP contribution is 2.37. The van der Waals surface area contributed by atoms with Gasteiger partial charge in [0.1, 0.15) is 0 Å². The molecule has 2 heterocycles. The number of rotatable bonds is 6. The van der Waals surface area contributed by atoms with Gasteiger partial charge in [-0.3, -0.25) is 9.52 Å². The monoisotopic (exact) mass is 456 g/mol. The number of anilines is 2. The lowest BCUT2D eigenvalue weighted by atomic mass is 10.1. The number of nitrogens with zero attached hydrogens (tertiary/aromatic N) is 2. The summed E-state index contributed by atoms with van der Waals surface area (Å²) in [6.45, 7) is 6.59. The van der Waals surface area contributed by atoms with Crippen molar-refractivity contribution in [3.63, 3.8) is 0 Å². The Bertz CT molecular complexity index is 1240. The van der Waals surface area contributed by atoms with Crippen LogP contribution < -0.4 is 10.5 Å². The number of nitrogen functional groups attached to an aromatic ring is 1. The minimum atomic E-state index is -3.34. The summed E-state index contributed by atoms with van der Waals surface area (Å²) in [5.41, 5.74) is 10.9. The van der Waals surface area contributed by atoms with Crippen LogP contribution in [-0.4, -0.2) is 55.8 Å². The van der Waals surface area contributed by atoms with Crippen LogP contribution in [0.25, 0.3) is 22.2 Å². The van der Waals surface area contributed by atoms with Gasteiger partial charge in [0.2, 0.25) is 10.0 Å². The molecule has 1 aliphatic rings. The lowest BCUT2D eigenvalue weighted by Crippen LogP contribution is -2.40. The number of nitrogens with two attached hydrogens (primary N) is 1. The molecule has 0 radical (unpaired) electrons. The van der Waals surface area contributed by atoms with Crippen molar-refractivity contribution in [2.24, 2.45) is 0 Å². The largest absolute Gasteiger partial charge is 0.396 e. The summed E-state index contributed by atoms with van der Waals surface area (Å²) in [5, 5.41) is 0.885. The smallest absolute Gasteiger partial charge is 0.254 e. The normalized spacial score (nSPS) is 14.6. The maximum atomic E-state index is 13.0. The van der Waals surface area contributed by atoms with E-state index in [2.05, 4.69) is 9.29 Å². The van der Waals surface area contributed by atoms with Crippen LogP contribution in [0.15, 0.2) is 42.5 Å². The van der Waals surface area contributed by atoms with Crippen LogP contribution in [0.1, 0.15) is 24.2 Å². The first-order valence-electron chi connectivity index (χ1n) is 10.7. The molecular weight excluding hydrogens is 428 g/mol. The number of hydrogen-bond acceptors (Lipinski definition) is 5. The molecule has 3 aromatic rings. The van der Waals surface area contributed by atoms with E-state index in [9.17, 15) is 13.2 Å². The van der Waals surface area contributed by atoms with Crippen molar-refractivity contribution < 1.29 is 17.9 Å².